The van der Waals surface area contributed by atoms with Crippen LogP contribution in [0.2, 0.25) is 10.0 Å². The summed E-state index contributed by atoms with van der Waals surface area (Å²) < 4.78 is 5.35. The third-order valence-corrected chi connectivity index (χ3v) is 7.00. The zero-order valence-corrected chi connectivity index (χ0v) is 20.8. The van der Waals surface area contributed by atoms with E-state index in [9.17, 15) is 14.7 Å². The zero-order chi connectivity index (χ0) is 25.4. The number of benzene rings is 3. The predicted molar refractivity (Wildman–Crippen MR) is 140 cm³/mol. The average Bonchev–Trinajstić information content (AvgIpc) is 3.40. The highest BCUT2D eigenvalue weighted by molar-refractivity contribution is 6.47. The molecule has 1 fully saturated rings. The number of amides is 1. The van der Waals surface area contributed by atoms with Gasteiger partial charge in [-0.2, -0.15) is 0 Å². The molecule has 2 N–H and O–H groups in total. The van der Waals surface area contributed by atoms with Crippen molar-refractivity contribution in [2.45, 2.75) is 12.5 Å². The van der Waals surface area contributed by atoms with Crippen LogP contribution in [0.15, 0.2) is 78.5 Å². The molecule has 36 heavy (non-hydrogen) atoms. The first-order chi connectivity index (χ1) is 17.4. The quantitative estimate of drug-likeness (QED) is 0.181. The van der Waals surface area contributed by atoms with Crippen LogP contribution in [0.3, 0.4) is 0 Å². The van der Waals surface area contributed by atoms with Gasteiger partial charge in [-0.25, -0.2) is 0 Å². The van der Waals surface area contributed by atoms with E-state index in [-0.39, 0.29) is 17.9 Å². The van der Waals surface area contributed by atoms with Gasteiger partial charge >= 0.3 is 0 Å². The molecule has 0 bridgehead atoms. The molecule has 0 spiro atoms. The van der Waals surface area contributed by atoms with Crippen molar-refractivity contribution < 1.29 is 19.4 Å². The van der Waals surface area contributed by atoms with Gasteiger partial charge in [-0.15, -0.1) is 0 Å². The highest BCUT2D eigenvalue weighted by Gasteiger charge is 2.46. The van der Waals surface area contributed by atoms with Gasteiger partial charge in [0.2, 0.25) is 0 Å². The number of aromatic nitrogens is 1. The molecule has 2 heterocycles. The highest BCUT2D eigenvalue weighted by Crippen LogP contribution is 2.42. The Hall–Kier alpha value is -3.74. The Bertz CT molecular complexity index is 1510. The van der Waals surface area contributed by atoms with Crippen LogP contribution in [0.1, 0.15) is 22.7 Å². The molecule has 1 amide bonds. The van der Waals surface area contributed by atoms with E-state index in [1.54, 1.807) is 55.6 Å². The number of ketones is 1. The maximum Gasteiger partial charge on any atom is 0.295 e. The molecule has 4 aromatic rings. The van der Waals surface area contributed by atoms with Crippen LogP contribution < -0.4 is 4.74 Å². The molecule has 0 radical (unpaired) electrons. The van der Waals surface area contributed by atoms with E-state index < -0.39 is 17.7 Å². The molecule has 1 aromatic heterocycles. The predicted octanol–water partition coefficient (Wildman–Crippen LogP) is 6.15. The molecule has 1 atom stereocenters. The van der Waals surface area contributed by atoms with Crippen molar-refractivity contribution in [3.05, 3.63) is 105 Å². The number of hydrogen-bond acceptors (Lipinski definition) is 4. The molecule has 1 aliphatic heterocycles. The lowest BCUT2D eigenvalue weighted by Gasteiger charge is -2.26. The number of methoxy groups -OCH3 is 1. The second-order valence-corrected chi connectivity index (χ2v) is 9.34. The summed E-state index contributed by atoms with van der Waals surface area (Å²) in [6.07, 6.45) is 2.35. The number of fused-ring (bicyclic) bond motifs is 1. The molecule has 0 aliphatic carbocycles. The topological polar surface area (TPSA) is 82.6 Å². The second kappa shape index (κ2) is 9.72. The minimum Gasteiger partial charge on any atom is -0.507 e. The number of aliphatic hydroxyl groups is 1. The fourth-order valence-corrected chi connectivity index (χ4v) is 5.15. The molecule has 0 unspecified atom stereocenters. The van der Waals surface area contributed by atoms with Gasteiger partial charge in [-0.1, -0.05) is 59.6 Å². The Morgan fingerprint density at radius 3 is 2.56 bits per heavy atom. The number of rotatable bonds is 6. The van der Waals surface area contributed by atoms with Crippen molar-refractivity contribution in [1.82, 2.24) is 9.88 Å². The summed E-state index contributed by atoms with van der Waals surface area (Å²) in [6.45, 7) is 0.226. The van der Waals surface area contributed by atoms with Gasteiger partial charge in [-0.3, -0.25) is 9.59 Å². The summed E-state index contributed by atoms with van der Waals surface area (Å²) in [5.41, 5.74) is 2.85. The number of halogens is 2. The van der Waals surface area contributed by atoms with Crippen LogP contribution in [0, 0.1) is 0 Å². The van der Waals surface area contributed by atoms with Crippen LogP contribution in [0.5, 0.6) is 5.75 Å². The Balaban J connectivity index is 1.58. The average molecular weight is 521 g/mol. The number of aliphatic hydroxyl groups excluding tert-OH is 1. The number of likely N-dealkylation sites (tertiary alicyclic amines) is 1. The van der Waals surface area contributed by atoms with E-state index in [0.29, 0.717) is 27.6 Å². The van der Waals surface area contributed by atoms with Gasteiger partial charge in [0.05, 0.1) is 18.7 Å². The van der Waals surface area contributed by atoms with Crippen molar-refractivity contribution in [1.29, 1.82) is 0 Å². The lowest BCUT2D eigenvalue weighted by Crippen LogP contribution is -2.31. The lowest BCUT2D eigenvalue weighted by atomic mass is 9.95. The number of H-pyrrole nitrogens is 1. The van der Waals surface area contributed by atoms with Crippen LogP contribution in [0.4, 0.5) is 0 Å². The second-order valence-electron chi connectivity index (χ2n) is 8.50. The summed E-state index contributed by atoms with van der Waals surface area (Å²) in [5.74, 6) is -0.974. The van der Waals surface area contributed by atoms with Crippen molar-refractivity contribution in [2.75, 3.05) is 13.7 Å². The van der Waals surface area contributed by atoms with Crippen molar-refractivity contribution in [3.63, 3.8) is 0 Å². The summed E-state index contributed by atoms with van der Waals surface area (Å²) in [4.78, 5) is 31.2. The van der Waals surface area contributed by atoms with E-state index in [1.807, 2.05) is 24.4 Å². The fourth-order valence-electron chi connectivity index (χ4n) is 4.64. The Kier molecular flexibility index (Phi) is 6.48. The molecule has 1 aliphatic rings. The van der Waals surface area contributed by atoms with E-state index >= 15 is 0 Å². The van der Waals surface area contributed by atoms with E-state index in [0.717, 1.165) is 22.2 Å². The largest absolute Gasteiger partial charge is 0.507 e. The number of carbonyl (C=O) groups excluding carboxylic acids is 2. The zero-order valence-electron chi connectivity index (χ0n) is 19.3. The first-order valence-electron chi connectivity index (χ1n) is 11.3. The number of Topliss-reactive ketones (excluding diaryl/α,β-unsaturated/α-hetero) is 1. The number of hydrogen-bond donors (Lipinski definition) is 2. The summed E-state index contributed by atoms with van der Waals surface area (Å²) in [5, 5.41) is 12.8. The maximum absolute atomic E-state index is 13.3. The molecule has 182 valence electrons. The van der Waals surface area contributed by atoms with Crippen molar-refractivity contribution in [2.24, 2.45) is 0 Å². The Morgan fingerprint density at radius 2 is 1.83 bits per heavy atom. The van der Waals surface area contributed by atoms with E-state index in [2.05, 4.69) is 4.98 Å². The van der Waals surface area contributed by atoms with Gasteiger partial charge in [0, 0.05) is 39.3 Å². The number of nitrogens with one attached hydrogen (secondary N) is 1. The van der Waals surface area contributed by atoms with Gasteiger partial charge in [0.15, 0.2) is 0 Å². The number of nitrogens with zero attached hydrogens (tertiary/aromatic N) is 1. The number of aromatic amines is 1. The lowest BCUT2D eigenvalue weighted by molar-refractivity contribution is -0.139. The summed E-state index contributed by atoms with van der Waals surface area (Å²) in [6, 6.07) is 18.4. The number of ether oxygens (including phenoxy) is 1. The summed E-state index contributed by atoms with van der Waals surface area (Å²) in [7, 11) is 1.61. The summed E-state index contributed by atoms with van der Waals surface area (Å²) >= 11 is 12.7. The van der Waals surface area contributed by atoms with Crippen LogP contribution >= 0.6 is 23.2 Å². The minimum absolute atomic E-state index is 0.00369. The SMILES string of the molecule is COc1ccc2[nH]cc(CCN3C(=O)C(=O)C(=C(O)c4ccccc4)[C@H]3c3ccc(Cl)cc3Cl)c2c1. The molecule has 6 nitrogen and oxygen atoms in total. The van der Waals surface area contributed by atoms with Gasteiger partial charge in [-0.05, 0) is 47.9 Å². The molecule has 8 heteroatoms. The van der Waals surface area contributed by atoms with E-state index in [1.165, 1.54) is 4.90 Å². The third-order valence-electron chi connectivity index (χ3n) is 6.44. The van der Waals surface area contributed by atoms with Gasteiger partial charge < -0.3 is 19.7 Å². The normalized spacial score (nSPS) is 17.2. The monoisotopic (exact) mass is 520 g/mol. The third kappa shape index (κ3) is 4.23. The standard InChI is InChI=1S/C28H22Cl2N2O4/c1-36-19-8-10-23-21(14-19)17(15-31-23)11-12-32-25(20-9-7-18(29)13-22(20)30)24(27(34)28(32)35)26(33)16-5-3-2-4-6-16/h2-10,13-15,25,31,33H,11-12H2,1H3/t25-/m1/s1. The van der Waals surface area contributed by atoms with Gasteiger partial charge in [0.25, 0.3) is 11.7 Å². The molecule has 1 saturated heterocycles. The number of carbonyl (C=O) groups is 2. The Morgan fingerprint density at radius 1 is 1.06 bits per heavy atom. The molecule has 5 rings (SSSR count). The minimum atomic E-state index is -0.866. The van der Waals surface area contributed by atoms with Crippen LogP contribution in [-0.4, -0.2) is 40.3 Å². The molecule has 3 aromatic carbocycles. The smallest absolute Gasteiger partial charge is 0.295 e. The molecular weight excluding hydrogens is 499 g/mol. The van der Waals surface area contributed by atoms with Crippen LogP contribution in [0.25, 0.3) is 16.7 Å². The molecular formula is C28H22Cl2N2O4. The first-order valence-corrected chi connectivity index (χ1v) is 12.1. The van der Waals surface area contributed by atoms with Crippen LogP contribution in [-0.2, 0) is 16.0 Å². The maximum atomic E-state index is 13.3. The molecule has 0 saturated carbocycles. The first kappa shape index (κ1) is 24.0. The van der Waals surface area contributed by atoms with Crippen molar-refractivity contribution in [3.8, 4) is 5.75 Å². The fraction of sp³-hybridized carbons (Fsp3) is 0.143. The highest BCUT2D eigenvalue weighted by atomic mass is 35.5. The van der Waals surface area contributed by atoms with E-state index in [4.69, 9.17) is 27.9 Å². The van der Waals surface area contributed by atoms with Gasteiger partial charge in [0.1, 0.15) is 11.5 Å². The Labute approximate surface area is 217 Å². The van der Waals surface area contributed by atoms with Crippen molar-refractivity contribution >= 4 is 51.6 Å².